The summed E-state index contributed by atoms with van der Waals surface area (Å²) in [5.74, 6) is 3.55. The number of benzene rings is 2. The van der Waals surface area contributed by atoms with E-state index in [0.717, 1.165) is 29.8 Å². The Kier molecular flexibility index (Phi) is 14.1. The Hall–Kier alpha value is -2.40. The van der Waals surface area contributed by atoms with E-state index >= 15 is 0 Å². The van der Waals surface area contributed by atoms with Gasteiger partial charge in [-0.1, -0.05) is 12.1 Å². The van der Waals surface area contributed by atoms with Gasteiger partial charge in [-0.3, -0.25) is 0 Å². The molecule has 33 heavy (non-hydrogen) atoms. The first-order valence-corrected chi connectivity index (χ1v) is 10.7. The lowest BCUT2D eigenvalue weighted by Crippen LogP contribution is -2.38. The fourth-order valence-electron chi connectivity index (χ4n) is 3.03. The number of rotatable bonds is 13. The average molecular weight is 573 g/mol. The van der Waals surface area contributed by atoms with Gasteiger partial charge >= 0.3 is 0 Å². The van der Waals surface area contributed by atoms with Gasteiger partial charge in [0.15, 0.2) is 5.96 Å². The van der Waals surface area contributed by atoms with Crippen LogP contribution in [0, 0.1) is 0 Å². The van der Waals surface area contributed by atoms with Crippen molar-refractivity contribution in [1.29, 1.82) is 0 Å². The minimum Gasteiger partial charge on any atom is -0.497 e. The zero-order chi connectivity index (χ0) is 23.2. The van der Waals surface area contributed by atoms with Gasteiger partial charge in [-0.25, -0.2) is 4.99 Å². The van der Waals surface area contributed by atoms with Gasteiger partial charge in [0.2, 0.25) is 0 Å². The highest BCUT2D eigenvalue weighted by molar-refractivity contribution is 14.0. The molecule has 2 aromatic rings. The van der Waals surface area contributed by atoms with Crippen molar-refractivity contribution < 1.29 is 23.7 Å². The number of ether oxygens (including phenoxy) is 5. The van der Waals surface area contributed by atoms with Crippen LogP contribution >= 0.6 is 24.0 Å². The minimum absolute atomic E-state index is 0. The summed E-state index contributed by atoms with van der Waals surface area (Å²) in [7, 11) is 6.52. The summed E-state index contributed by atoms with van der Waals surface area (Å²) in [4.78, 5) is 4.73. The number of methoxy groups -OCH3 is 4. The van der Waals surface area contributed by atoms with Crippen LogP contribution < -0.4 is 29.6 Å². The van der Waals surface area contributed by atoms with Gasteiger partial charge in [-0.05, 0) is 31.0 Å². The molecule has 0 aliphatic carbocycles. The molecule has 0 saturated heterocycles. The number of guanidine groups is 1. The molecular weight excluding hydrogens is 537 g/mol. The number of hydrogen-bond acceptors (Lipinski definition) is 6. The van der Waals surface area contributed by atoms with E-state index in [1.54, 1.807) is 28.4 Å². The molecule has 0 radical (unpaired) electrons. The van der Waals surface area contributed by atoms with E-state index in [1.807, 2.05) is 43.3 Å². The molecular formula is C24H36IN3O5. The Morgan fingerprint density at radius 2 is 1.48 bits per heavy atom. The van der Waals surface area contributed by atoms with Crippen molar-refractivity contribution in [1.82, 2.24) is 10.6 Å². The molecule has 0 aliphatic rings. The smallest absolute Gasteiger partial charge is 0.191 e. The number of nitrogens with one attached hydrogen (secondary N) is 2. The van der Waals surface area contributed by atoms with Crippen LogP contribution in [0.4, 0.5) is 0 Å². The van der Waals surface area contributed by atoms with E-state index in [1.165, 1.54) is 0 Å². The summed E-state index contributed by atoms with van der Waals surface area (Å²) in [6, 6.07) is 11.5. The molecule has 0 aromatic heterocycles. The lowest BCUT2D eigenvalue weighted by atomic mass is 10.1. The molecule has 0 atom stereocenters. The lowest BCUT2D eigenvalue weighted by molar-refractivity contribution is 0.145. The minimum atomic E-state index is 0. The second-order valence-corrected chi connectivity index (χ2v) is 6.85. The van der Waals surface area contributed by atoms with Crippen LogP contribution in [0.5, 0.6) is 23.0 Å². The highest BCUT2D eigenvalue weighted by Gasteiger charge is 2.14. The molecule has 0 unspecified atom stereocenters. The van der Waals surface area contributed by atoms with Crippen molar-refractivity contribution in [2.24, 2.45) is 4.99 Å². The summed E-state index contributed by atoms with van der Waals surface area (Å²) < 4.78 is 27.1. The Morgan fingerprint density at radius 1 is 0.848 bits per heavy atom. The van der Waals surface area contributed by atoms with Gasteiger partial charge in [0, 0.05) is 31.9 Å². The predicted molar refractivity (Wildman–Crippen MR) is 142 cm³/mol. The van der Waals surface area contributed by atoms with Crippen molar-refractivity contribution in [2.75, 3.05) is 48.2 Å². The van der Waals surface area contributed by atoms with Gasteiger partial charge in [-0.15, -0.1) is 24.0 Å². The van der Waals surface area contributed by atoms with Crippen molar-refractivity contribution in [3.63, 3.8) is 0 Å². The van der Waals surface area contributed by atoms with Gasteiger partial charge in [-0.2, -0.15) is 0 Å². The van der Waals surface area contributed by atoms with Crippen LogP contribution in [0.1, 0.15) is 24.5 Å². The van der Waals surface area contributed by atoms with E-state index < -0.39 is 0 Å². The molecule has 2 rings (SSSR count). The Balaban J connectivity index is 0.00000544. The van der Waals surface area contributed by atoms with Crippen LogP contribution in [0.2, 0.25) is 0 Å². The molecule has 0 heterocycles. The summed E-state index contributed by atoms with van der Waals surface area (Å²) in [5, 5.41) is 6.75. The largest absolute Gasteiger partial charge is 0.497 e. The fourth-order valence-corrected chi connectivity index (χ4v) is 3.03. The van der Waals surface area contributed by atoms with E-state index in [0.29, 0.717) is 49.5 Å². The standard InChI is InChI=1S/C24H35N3O5.HI/c1-6-32-13-7-12-25-24(26-16-18-8-10-19(28-2)11-9-18)27-17-21-22(30-4)14-20(29-3)15-23(21)31-5;/h8-11,14-15H,6-7,12-13,16-17H2,1-5H3,(H2,25,26,27);1H. The molecule has 0 saturated carbocycles. The Bertz CT molecular complexity index is 821. The van der Waals surface area contributed by atoms with Gasteiger partial charge in [0.1, 0.15) is 23.0 Å². The molecule has 2 N–H and O–H groups in total. The molecule has 2 aromatic carbocycles. The van der Waals surface area contributed by atoms with Crippen molar-refractivity contribution in [3.05, 3.63) is 47.5 Å². The molecule has 0 fully saturated rings. The first-order valence-electron chi connectivity index (χ1n) is 10.7. The van der Waals surface area contributed by atoms with E-state index in [4.69, 9.17) is 28.7 Å². The zero-order valence-electron chi connectivity index (χ0n) is 20.1. The van der Waals surface area contributed by atoms with Crippen LogP contribution in [0.15, 0.2) is 41.4 Å². The second-order valence-electron chi connectivity index (χ2n) is 6.85. The average Bonchev–Trinajstić information content (AvgIpc) is 2.84. The topological polar surface area (TPSA) is 82.6 Å². The highest BCUT2D eigenvalue weighted by atomic mass is 127. The first-order chi connectivity index (χ1) is 15.6. The quantitative estimate of drug-likeness (QED) is 0.162. The van der Waals surface area contributed by atoms with Gasteiger partial charge in [0.25, 0.3) is 0 Å². The second kappa shape index (κ2) is 16.2. The maximum Gasteiger partial charge on any atom is 0.191 e. The van der Waals surface area contributed by atoms with Gasteiger partial charge in [0.05, 0.1) is 47.1 Å². The number of halogens is 1. The summed E-state index contributed by atoms with van der Waals surface area (Å²) in [6.07, 6.45) is 0.881. The highest BCUT2D eigenvalue weighted by Crippen LogP contribution is 2.33. The summed E-state index contributed by atoms with van der Waals surface area (Å²) in [5.41, 5.74) is 1.96. The van der Waals surface area contributed by atoms with Crippen molar-refractivity contribution >= 4 is 29.9 Å². The maximum absolute atomic E-state index is 5.55. The first kappa shape index (κ1) is 28.6. The van der Waals surface area contributed by atoms with E-state index in [9.17, 15) is 0 Å². The Labute approximate surface area is 214 Å². The van der Waals surface area contributed by atoms with E-state index in [-0.39, 0.29) is 24.0 Å². The zero-order valence-corrected chi connectivity index (χ0v) is 22.4. The number of nitrogens with zero attached hydrogens (tertiary/aromatic N) is 1. The Morgan fingerprint density at radius 3 is 2.03 bits per heavy atom. The summed E-state index contributed by atoms with van der Waals surface area (Å²) >= 11 is 0. The fraction of sp³-hybridized carbons (Fsp3) is 0.458. The van der Waals surface area contributed by atoms with Crippen LogP contribution in [0.25, 0.3) is 0 Å². The summed E-state index contributed by atoms with van der Waals surface area (Å²) in [6.45, 7) is 5.15. The number of aliphatic imine (C=N–C) groups is 1. The third kappa shape index (κ3) is 9.55. The molecule has 0 amide bonds. The molecule has 184 valence electrons. The SMILES string of the molecule is CCOCCCNC(=NCc1ccc(OC)cc1)NCc1c(OC)cc(OC)cc1OC.I. The van der Waals surface area contributed by atoms with Crippen LogP contribution in [0.3, 0.4) is 0 Å². The molecule has 0 aliphatic heterocycles. The van der Waals surface area contributed by atoms with Crippen molar-refractivity contribution in [2.45, 2.75) is 26.4 Å². The lowest BCUT2D eigenvalue weighted by Gasteiger charge is -2.17. The van der Waals surface area contributed by atoms with Crippen LogP contribution in [-0.4, -0.2) is 54.2 Å². The van der Waals surface area contributed by atoms with Crippen molar-refractivity contribution in [3.8, 4) is 23.0 Å². The predicted octanol–water partition coefficient (Wildman–Crippen LogP) is 4.00. The monoisotopic (exact) mass is 573 g/mol. The van der Waals surface area contributed by atoms with Gasteiger partial charge < -0.3 is 34.3 Å². The molecule has 9 heteroatoms. The van der Waals surface area contributed by atoms with Crippen LogP contribution in [-0.2, 0) is 17.8 Å². The third-order valence-electron chi connectivity index (χ3n) is 4.79. The number of hydrogen-bond donors (Lipinski definition) is 2. The third-order valence-corrected chi connectivity index (χ3v) is 4.79. The van der Waals surface area contributed by atoms with E-state index in [2.05, 4.69) is 10.6 Å². The molecule has 0 spiro atoms. The molecule has 0 bridgehead atoms. The maximum atomic E-state index is 5.55. The molecule has 8 nitrogen and oxygen atoms in total. The normalized spacial score (nSPS) is 10.8.